The van der Waals surface area contributed by atoms with E-state index in [2.05, 4.69) is 17.3 Å². The quantitative estimate of drug-likeness (QED) is 0.906. The van der Waals surface area contributed by atoms with Crippen LogP contribution in [0.4, 0.5) is 5.69 Å². The Hall–Kier alpha value is -1.55. The van der Waals surface area contributed by atoms with Gasteiger partial charge in [-0.2, -0.15) is 0 Å². The summed E-state index contributed by atoms with van der Waals surface area (Å²) in [4.78, 5) is 14.5. The first-order valence-corrected chi connectivity index (χ1v) is 7.78. The van der Waals surface area contributed by atoms with Gasteiger partial charge < -0.3 is 15.0 Å². The summed E-state index contributed by atoms with van der Waals surface area (Å²) in [7, 11) is 2.14. The highest BCUT2D eigenvalue weighted by Crippen LogP contribution is 2.22. The van der Waals surface area contributed by atoms with Crippen molar-refractivity contribution in [1.29, 1.82) is 0 Å². The average molecular weight is 290 g/mol. The second-order valence-corrected chi connectivity index (χ2v) is 6.19. The molecule has 0 unspecified atom stereocenters. The van der Waals surface area contributed by atoms with E-state index < -0.39 is 0 Å². The number of anilines is 1. The Bertz CT molecular complexity index is 466. The molecular formula is C17H26N2O2. The molecule has 1 aliphatic heterocycles. The highest BCUT2D eigenvalue weighted by Gasteiger charge is 2.19. The number of likely N-dealkylation sites (tertiary alicyclic amines) is 1. The lowest BCUT2D eigenvalue weighted by molar-refractivity contribution is -0.117. The van der Waals surface area contributed by atoms with Crippen LogP contribution in [0.25, 0.3) is 0 Å². The zero-order chi connectivity index (χ0) is 15.2. The predicted octanol–water partition coefficient (Wildman–Crippen LogP) is 3.14. The Morgan fingerprint density at radius 2 is 2.10 bits per heavy atom. The maximum Gasteiger partial charge on any atom is 0.224 e. The number of nitrogens with one attached hydrogen (secondary N) is 1. The number of ether oxygens (including phenoxy) is 1. The largest absolute Gasteiger partial charge is 0.491 e. The average Bonchev–Trinajstić information content (AvgIpc) is 2.41. The summed E-state index contributed by atoms with van der Waals surface area (Å²) in [6.45, 7) is 6.17. The van der Waals surface area contributed by atoms with Gasteiger partial charge in [-0.15, -0.1) is 0 Å². The van der Waals surface area contributed by atoms with E-state index in [9.17, 15) is 4.79 Å². The first kappa shape index (κ1) is 15.8. The van der Waals surface area contributed by atoms with Crippen molar-refractivity contribution < 1.29 is 9.53 Å². The third kappa shape index (κ3) is 5.38. The van der Waals surface area contributed by atoms with Gasteiger partial charge in [0.1, 0.15) is 5.75 Å². The minimum atomic E-state index is 0.103. The van der Waals surface area contributed by atoms with Gasteiger partial charge in [0.15, 0.2) is 0 Å². The van der Waals surface area contributed by atoms with Gasteiger partial charge in [-0.3, -0.25) is 4.79 Å². The number of amides is 1. The molecular weight excluding hydrogens is 264 g/mol. The van der Waals surface area contributed by atoms with Crippen molar-refractivity contribution in [3.05, 3.63) is 24.3 Å². The van der Waals surface area contributed by atoms with Crippen molar-refractivity contribution >= 4 is 11.6 Å². The van der Waals surface area contributed by atoms with Crippen LogP contribution >= 0.6 is 0 Å². The fourth-order valence-corrected chi connectivity index (χ4v) is 2.66. The Labute approximate surface area is 127 Å². The number of nitrogens with zero attached hydrogens (tertiary/aromatic N) is 1. The summed E-state index contributed by atoms with van der Waals surface area (Å²) in [6, 6.07) is 7.60. The molecule has 1 amide bonds. The lowest BCUT2D eigenvalue weighted by Gasteiger charge is -2.28. The lowest BCUT2D eigenvalue weighted by atomic mass is 9.93. The van der Waals surface area contributed by atoms with Crippen LogP contribution in [-0.2, 0) is 4.79 Å². The molecule has 1 aromatic carbocycles. The maximum atomic E-state index is 12.1. The number of rotatable bonds is 5. The van der Waals surface area contributed by atoms with Crippen LogP contribution in [-0.4, -0.2) is 37.0 Å². The molecule has 116 valence electrons. The van der Waals surface area contributed by atoms with Crippen molar-refractivity contribution in [1.82, 2.24) is 4.90 Å². The molecule has 0 saturated carbocycles. The van der Waals surface area contributed by atoms with Crippen molar-refractivity contribution in [2.24, 2.45) is 5.92 Å². The van der Waals surface area contributed by atoms with Crippen molar-refractivity contribution in [2.75, 3.05) is 25.5 Å². The molecule has 0 aromatic heterocycles. The van der Waals surface area contributed by atoms with E-state index in [4.69, 9.17) is 4.74 Å². The van der Waals surface area contributed by atoms with E-state index in [0.717, 1.165) is 37.4 Å². The molecule has 21 heavy (non-hydrogen) atoms. The third-order valence-electron chi connectivity index (χ3n) is 3.80. The van der Waals surface area contributed by atoms with E-state index in [1.807, 2.05) is 38.1 Å². The summed E-state index contributed by atoms with van der Waals surface area (Å²) in [5, 5.41) is 2.98. The van der Waals surface area contributed by atoms with Crippen molar-refractivity contribution in [3.8, 4) is 5.75 Å². The van der Waals surface area contributed by atoms with Gasteiger partial charge >= 0.3 is 0 Å². The molecule has 1 aromatic rings. The minimum Gasteiger partial charge on any atom is -0.491 e. The Morgan fingerprint density at radius 3 is 2.76 bits per heavy atom. The lowest BCUT2D eigenvalue weighted by Crippen LogP contribution is -2.31. The molecule has 0 atom stereocenters. The number of benzene rings is 1. The first-order chi connectivity index (χ1) is 10.0. The summed E-state index contributed by atoms with van der Waals surface area (Å²) in [5.74, 6) is 1.41. The Morgan fingerprint density at radius 1 is 1.38 bits per heavy atom. The molecule has 1 fully saturated rings. The molecule has 0 radical (unpaired) electrons. The number of carbonyl (C=O) groups excluding carboxylic acids is 1. The predicted molar refractivity (Wildman–Crippen MR) is 85.7 cm³/mol. The van der Waals surface area contributed by atoms with Crippen LogP contribution in [0.5, 0.6) is 5.75 Å². The number of piperidine rings is 1. The normalized spacial score (nSPS) is 17.0. The number of carbonyl (C=O) groups is 1. The fourth-order valence-electron chi connectivity index (χ4n) is 2.66. The summed E-state index contributed by atoms with van der Waals surface area (Å²) in [6.07, 6.45) is 2.97. The smallest absolute Gasteiger partial charge is 0.224 e. The van der Waals surface area contributed by atoms with Gasteiger partial charge in [-0.25, -0.2) is 0 Å². The highest BCUT2D eigenvalue weighted by atomic mass is 16.5. The van der Waals surface area contributed by atoms with E-state index in [1.165, 1.54) is 0 Å². The Balaban J connectivity index is 1.84. The van der Waals surface area contributed by atoms with Crippen LogP contribution in [0, 0.1) is 5.92 Å². The molecule has 1 saturated heterocycles. The number of hydrogen-bond donors (Lipinski definition) is 1. The molecule has 1 heterocycles. The third-order valence-corrected chi connectivity index (χ3v) is 3.80. The second kappa shape index (κ2) is 7.46. The summed E-state index contributed by atoms with van der Waals surface area (Å²) in [5.41, 5.74) is 0.811. The summed E-state index contributed by atoms with van der Waals surface area (Å²) < 4.78 is 5.64. The molecule has 1 aliphatic rings. The van der Waals surface area contributed by atoms with Crippen LogP contribution in [0.15, 0.2) is 24.3 Å². The van der Waals surface area contributed by atoms with Gasteiger partial charge in [0.05, 0.1) is 6.10 Å². The van der Waals surface area contributed by atoms with E-state index >= 15 is 0 Å². The first-order valence-electron chi connectivity index (χ1n) is 7.78. The van der Waals surface area contributed by atoms with E-state index in [1.54, 1.807) is 0 Å². The van der Waals surface area contributed by atoms with Gasteiger partial charge in [0.2, 0.25) is 5.91 Å². The van der Waals surface area contributed by atoms with Gasteiger partial charge in [-0.05, 0) is 64.9 Å². The molecule has 0 aliphatic carbocycles. The standard InChI is InChI=1S/C17H26N2O2/c1-13(2)21-16-6-4-5-15(12-16)18-17(20)11-14-7-9-19(3)10-8-14/h4-6,12-14H,7-11H2,1-3H3,(H,18,20). The van der Waals surface area contributed by atoms with Crippen LogP contribution < -0.4 is 10.1 Å². The molecule has 4 nitrogen and oxygen atoms in total. The number of hydrogen-bond acceptors (Lipinski definition) is 3. The van der Waals surface area contributed by atoms with Crippen LogP contribution in [0.2, 0.25) is 0 Å². The molecule has 4 heteroatoms. The molecule has 2 rings (SSSR count). The highest BCUT2D eigenvalue weighted by molar-refractivity contribution is 5.91. The van der Waals surface area contributed by atoms with Crippen molar-refractivity contribution in [2.45, 2.75) is 39.2 Å². The molecule has 0 bridgehead atoms. The van der Waals surface area contributed by atoms with Gasteiger partial charge in [0.25, 0.3) is 0 Å². The SMILES string of the molecule is CC(C)Oc1cccc(NC(=O)CC2CCN(C)CC2)c1. The zero-order valence-corrected chi connectivity index (χ0v) is 13.3. The molecule has 0 spiro atoms. The zero-order valence-electron chi connectivity index (χ0n) is 13.3. The fraction of sp³-hybridized carbons (Fsp3) is 0.588. The van der Waals surface area contributed by atoms with Crippen molar-refractivity contribution in [3.63, 3.8) is 0 Å². The van der Waals surface area contributed by atoms with Crippen LogP contribution in [0.3, 0.4) is 0 Å². The van der Waals surface area contributed by atoms with E-state index in [-0.39, 0.29) is 12.0 Å². The van der Waals surface area contributed by atoms with Gasteiger partial charge in [-0.1, -0.05) is 6.07 Å². The van der Waals surface area contributed by atoms with Crippen LogP contribution in [0.1, 0.15) is 33.1 Å². The summed E-state index contributed by atoms with van der Waals surface area (Å²) >= 11 is 0. The topological polar surface area (TPSA) is 41.6 Å². The van der Waals surface area contributed by atoms with E-state index in [0.29, 0.717) is 12.3 Å². The second-order valence-electron chi connectivity index (χ2n) is 6.19. The Kier molecular flexibility index (Phi) is 5.62. The van der Waals surface area contributed by atoms with Gasteiger partial charge in [0, 0.05) is 18.2 Å². The monoisotopic (exact) mass is 290 g/mol. The minimum absolute atomic E-state index is 0.103. The molecule has 1 N–H and O–H groups in total. The maximum absolute atomic E-state index is 12.1.